The second-order valence-electron chi connectivity index (χ2n) is 7.51. The van der Waals surface area contributed by atoms with Crippen LogP contribution in [0.15, 0.2) is 30.5 Å². The van der Waals surface area contributed by atoms with E-state index in [-0.39, 0.29) is 18.0 Å². The lowest BCUT2D eigenvalue weighted by Gasteiger charge is -2.40. The molecule has 1 fully saturated rings. The molecule has 1 saturated heterocycles. The average Bonchev–Trinajstić information content (AvgIpc) is 3.41. The number of imidazole rings is 1. The summed E-state index contributed by atoms with van der Waals surface area (Å²) >= 11 is 1.79. The van der Waals surface area contributed by atoms with Crippen molar-refractivity contribution in [3.63, 3.8) is 0 Å². The van der Waals surface area contributed by atoms with Gasteiger partial charge in [-0.05, 0) is 18.1 Å². The molecule has 3 atom stereocenters. The molecule has 2 aliphatic rings. The maximum Gasteiger partial charge on any atom is 0.241 e. The van der Waals surface area contributed by atoms with Gasteiger partial charge in [-0.2, -0.15) is 0 Å². The average molecular weight is 401 g/mol. The van der Waals surface area contributed by atoms with Crippen LogP contribution in [-0.2, 0) is 11.3 Å². The lowest BCUT2D eigenvalue weighted by atomic mass is 9.94. The molecular formula is C21H28N4O2S. The Balaban J connectivity index is 1.71. The number of hydrogen-bond acceptors (Lipinski definition) is 5. The van der Waals surface area contributed by atoms with E-state index >= 15 is 0 Å². The molecule has 1 aromatic heterocycles. The number of rotatable bonds is 5. The van der Waals surface area contributed by atoms with Gasteiger partial charge < -0.3 is 14.2 Å². The van der Waals surface area contributed by atoms with Crippen LogP contribution in [0.4, 0.5) is 0 Å². The Morgan fingerprint density at radius 1 is 1.39 bits per heavy atom. The van der Waals surface area contributed by atoms with Crippen molar-refractivity contribution in [3.8, 4) is 17.0 Å². The van der Waals surface area contributed by atoms with E-state index in [0.29, 0.717) is 5.92 Å². The summed E-state index contributed by atoms with van der Waals surface area (Å²) < 4.78 is 7.75. The van der Waals surface area contributed by atoms with Crippen LogP contribution in [-0.4, -0.2) is 51.7 Å². The van der Waals surface area contributed by atoms with Crippen LogP contribution in [0.3, 0.4) is 0 Å². The molecule has 2 aliphatic heterocycles. The van der Waals surface area contributed by atoms with Crippen molar-refractivity contribution in [3.05, 3.63) is 36.3 Å². The molecule has 0 bridgehead atoms. The molecule has 1 amide bonds. The van der Waals surface area contributed by atoms with Gasteiger partial charge in [0.15, 0.2) is 0 Å². The maximum atomic E-state index is 13.2. The standard InChI is InChI=1S/C21H28N4O2S/c1-4-14(2)19-20-23-16(15-7-5-6-8-18(15)27-3)11-24(20)9-10-25(19)21(26)17-12-28-13-22-17/h5-8,11,14,17,19,22H,4,9-10,12-13H2,1-3H3. The molecule has 0 spiro atoms. The number of methoxy groups -OCH3 is 1. The van der Waals surface area contributed by atoms with E-state index < -0.39 is 0 Å². The third-order valence-electron chi connectivity index (χ3n) is 5.85. The van der Waals surface area contributed by atoms with E-state index in [1.807, 2.05) is 24.3 Å². The molecule has 28 heavy (non-hydrogen) atoms. The number of nitrogens with one attached hydrogen (secondary N) is 1. The van der Waals surface area contributed by atoms with Crippen LogP contribution in [0, 0.1) is 5.92 Å². The Bertz CT molecular complexity index is 847. The first-order valence-corrected chi connectivity index (χ1v) is 11.1. The Hall–Kier alpha value is -1.99. The Kier molecular flexibility index (Phi) is 5.64. The fourth-order valence-electron chi connectivity index (χ4n) is 4.11. The Morgan fingerprint density at radius 2 is 2.21 bits per heavy atom. The molecule has 7 heteroatoms. The van der Waals surface area contributed by atoms with Crippen LogP contribution in [0.5, 0.6) is 5.75 Å². The molecule has 1 aromatic carbocycles. The van der Waals surface area contributed by atoms with Crippen LogP contribution in [0.1, 0.15) is 32.1 Å². The molecule has 6 nitrogen and oxygen atoms in total. The minimum Gasteiger partial charge on any atom is -0.496 e. The van der Waals surface area contributed by atoms with Gasteiger partial charge in [-0.25, -0.2) is 4.98 Å². The van der Waals surface area contributed by atoms with Crippen LogP contribution < -0.4 is 10.1 Å². The van der Waals surface area contributed by atoms with Gasteiger partial charge >= 0.3 is 0 Å². The van der Waals surface area contributed by atoms with E-state index in [1.54, 1.807) is 18.9 Å². The summed E-state index contributed by atoms with van der Waals surface area (Å²) in [6, 6.07) is 7.89. The van der Waals surface area contributed by atoms with Crippen molar-refractivity contribution >= 4 is 17.7 Å². The van der Waals surface area contributed by atoms with Crippen LogP contribution in [0.2, 0.25) is 0 Å². The van der Waals surface area contributed by atoms with Gasteiger partial charge in [0.1, 0.15) is 11.6 Å². The molecule has 2 aromatic rings. The quantitative estimate of drug-likeness (QED) is 0.836. The van der Waals surface area contributed by atoms with Crippen molar-refractivity contribution in [1.29, 1.82) is 0 Å². The summed E-state index contributed by atoms with van der Waals surface area (Å²) in [4.78, 5) is 20.3. The van der Waals surface area contributed by atoms with Crippen molar-refractivity contribution in [2.24, 2.45) is 5.92 Å². The molecule has 1 N–H and O–H groups in total. The zero-order chi connectivity index (χ0) is 19.7. The summed E-state index contributed by atoms with van der Waals surface area (Å²) in [5, 5.41) is 3.33. The molecule has 4 rings (SSSR count). The lowest BCUT2D eigenvalue weighted by molar-refractivity contribution is -0.137. The molecule has 3 unspecified atom stereocenters. The number of para-hydroxylation sites is 1. The monoisotopic (exact) mass is 400 g/mol. The number of carbonyl (C=O) groups excluding carboxylic acids is 1. The number of hydrogen-bond donors (Lipinski definition) is 1. The lowest BCUT2D eigenvalue weighted by Crippen LogP contribution is -2.51. The zero-order valence-electron chi connectivity index (χ0n) is 16.7. The van der Waals surface area contributed by atoms with E-state index in [4.69, 9.17) is 9.72 Å². The van der Waals surface area contributed by atoms with Gasteiger partial charge in [-0.15, -0.1) is 11.8 Å². The van der Waals surface area contributed by atoms with Gasteiger partial charge in [0.2, 0.25) is 5.91 Å². The summed E-state index contributed by atoms with van der Waals surface area (Å²) in [5.74, 6) is 4.06. The zero-order valence-corrected chi connectivity index (χ0v) is 17.5. The molecule has 0 radical (unpaired) electrons. The number of nitrogens with zero attached hydrogens (tertiary/aromatic N) is 3. The first-order valence-electron chi connectivity index (χ1n) is 9.96. The SMILES string of the molecule is CCC(C)C1c2nc(-c3ccccc3OC)cn2CCN1C(=O)C1CSCN1. The van der Waals surface area contributed by atoms with Gasteiger partial charge in [0.25, 0.3) is 0 Å². The Morgan fingerprint density at radius 3 is 2.93 bits per heavy atom. The van der Waals surface area contributed by atoms with Crippen molar-refractivity contribution < 1.29 is 9.53 Å². The fourth-order valence-corrected chi connectivity index (χ4v) is 5.04. The minimum atomic E-state index is -0.0771. The molecular weight excluding hydrogens is 372 g/mol. The Labute approximate surface area is 170 Å². The third-order valence-corrected chi connectivity index (χ3v) is 6.79. The molecule has 0 aliphatic carbocycles. The number of thioether (sulfide) groups is 1. The highest BCUT2D eigenvalue weighted by Crippen LogP contribution is 2.37. The normalized spacial score (nSPS) is 22.8. The number of fused-ring (bicyclic) bond motifs is 1. The number of amides is 1. The second-order valence-corrected chi connectivity index (χ2v) is 8.54. The molecule has 3 heterocycles. The van der Waals surface area contributed by atoms with Crippen molar-refractivity contribution in [1.82, 2.24) is 19.8 Å². The summed E-state index contributed by atoms with van der Waals surface area (Å²) in [6.07, 6.45) is 3.10. The largest absolute Gasteiger partial charge is 0.496 e. The smallest absolute Gasteiger partial charge is 0.241 e. The molecule has 0 saturated carbocycles. The van der Waals surface area contributed by atoms with Gasteiger partial charge in [-0.1, -0.05) is 32.4 Å². The van der Waals surface area contributed by atoms with Gasteiger partial charge in [-0.3, -0.25) is 10.1 Å². The highest BCUT2D eigenvalue weighted by molar-refractivity contribution is 7.99. The second kappa shape index (κ2) is 8.17. The number of ether oxygens (including phenoxy) is 1. The van der Waals surface area contributed by atoms with E-state index in [0.717, 1.165) is 54.0 Å². The predicted molar refractivity (Wildman–Crippen MR) is 112 cm³/mol. The van der Waals surface area contributed by atoms with Crippen LogP contribution >= 0.6 is 11.8 Å². The predicted octanol–water partition coefficient (Wildman–Crippen LogP) is 3.15. The van der Waals surface area contributed by atoms with E-state index in [1.165, 1.54) is 0 Å². The van der Waals surface area contributed by atoms with Crippen molar-refractivity contribution in [2.45, 2.75) is 38.9 Å². The minimum absolute atomic E-state index is 0.00195. The van der Waals surface area contributed by atoms with Crippen molar-refractivity contribution in [2.75, 3.05) is 25.3 Å². The topological polar surface area (TPSA) is 59.4 Å². The highest BCUT2D eigenvalue weighted by Gasteiger charge is 2.39. The number of aromatic nitrogens is 2. The van der Waals surface area contributed by atoms with E-state index in [9.17, 15) is 4.79 Å². The summed E-state index contributed by atoms with van der Waals surface area (Å²) in [5.41, 5.74) is 1.89. The van der Waals surface area contributed by atoms with E-state index in [2.05, 4.69) is 34.8 Å². The first kappa shape index (κ1) is 19.3. The van der Waals surface area contributed by atoms with Crippen LogP contribution in [0.25, 0.3) is 11.3 Å². The fraction of sp³-hybridized carbons (Fsp3) is 0.524. The third kappa shape index (κ3) is 3.42. The highest BCUT2D eigenvalue weighted by atomic mass is 32.2. The number of benzene rings is 1. The summed E-state index contributed by atoms with van der Waals surface area (Å²) in [7, 11) is 1.68. The summed E-state index contributed by atoms with van der Waals surface area (Å²) in [6.45, 7) is 5.90. The van der Waals surface area contributed by atoms with Gasteiger partial charge in [0, 0.05) is 36.5 Å². The maximum absolute atomic E-state index is 13.2. The molecule has 150 valence electrons. The van der Waals surface area contributed by atoms with Gasteiger partial charge in [0.05, 0.1) is 24.9 Å². The number of carbonyl (C=O) groups is 1. The first-order chi connectivity index (χ1) is 13.6.